The molecule has 3 aromatic carbocycles. The van der Waals surface area contributed by atoms with Crippen LogP contribution in [0.2, 0.25) is 0 Å². The van der Waals surface area contributed by atoms with E-state index in [2.05, 4.69) is 9.71 Å². The smallest absolute Gasteiger partial charge is 0.338 e. The molecule has 0 aliphatic rings. The van der Waals surface area contributed by atoms with Gasteiger partial charge in [0.25, 0.3) is 10.0 Å². The summed E-state index contributed by atoms with van der Waals surface area (Å²) in [6.07, 6.45) is 0. The van der Waals surface area contributed by atoms with Crippen molar-refractivity contribution >= 4 is 32.8 Å². The zero-order valence-corrected chi connectivity index (χ0v) is 15.9. The van der Waals surface area contributed by atoms with Crippen LogP contribution in [0.15, 0.2) is 88.2 Å². The summed E-state index contributed by atoms with van der Waals surface area (Å²) >= 11 is 0. The lowest BCUT2D eigenvalue weighted by atomic mass is 10.2. The molecule has 1 aromatic heterocycles. The lowest BCUT2D eigenvalue weighted by Gasteiger charge is -2.09. The molecule has 1 heterocycles. The number of benzene rings is 3. The van der Waals surface area contributed by atoms with E-state index in [1.165, 1.54) is 24.3 Å². The van der Waals surface area contributed by atoms with E-state index in [-0.39, 0.29) is 28.6 Å². The van der Waals surface area contributed by atoms with Gasteiger partial charge in [-0.05, 0) is 42.5 Å². The van der Waals surface area contributed by atoms with Crippen molar-refractivity contribution in [1.82, 2.24) is 4.98 Å². The van der Waals surface area contributed by atoms with Crippen LogP contribution in [-0.2, 0) is 21.4 Å². The average Bonchev–Trinajstić information content (AvgIpc) is 3.15. The average molecular weight is 408 g/mol. The molecule has 0 spiro atoms. The number of hydrogen-bond donors (Lipinski definition) is 1. The number of fused-ring (bicyclic) bond motifs is 1. The van der Waals surface area contributed by atoms with E-state index in [0.717, 1.165) is 0 Å². The zero-order chi connectivity index (χ0) is 20.3. The summed E-state index contributed by atoms with van der Waals surface area (Å²) in [6, 6.07) is 21.3. The number of nitrogens with zero attached hydrogens (tertiary/aromatic N) is 1. The van der Waals surface area contributed by atoms with Crippen LogP contribution in [0.3, 0.4) is 0 Å². The molecule has 1 N–H and O–H groups in total. The zero-order valence-electron chi connectivity index (χ0n) is 15.1. The number of ether oxygens (including phenoxy) is 1. The van der Waals surface area contributed by atoms with Gasteiger partial charge in [0.2, 0.25) is 5.89 Å². The molecule has 4 rings (SSSR count). The van der Waals surface area contributed by atoms with E-state index >= 15 is 0 Å². The normalized spacial score (nSPS) is 11.3. The van der Waals surface area contributed by atoms with Gasteiger partial charge in [-0.2, -0.15) is 0 Å². The second-order valence-corrected chi connectivity index (χ2v) is 7.83. The number of nitrogens with one attached hydrogen (secondary N) is 1. The van der Waals surface area contributed by atoms with Crippen molar-refractivity contribution in [3.05, 3.63) is 90.3 Å². The number of carbonyl (C=O) groups is 1. The first-order valence-corrected chi connectivity index (χ1v) is 10.2. The maximum atomic E-state index is 12.4. The Balaban J connectivity index is 1.45. The molecule has 0 aliphatic heterocycles. The van der Waals surface area contributed by atoms with Crippen molar-refractivity contribution in [2.45, 2.75) is 11.5 Å². The Morgan fingerprint density at radius 1 is 0.966 bits per heavy atom. The minimum atomic E-state index is -3.75. The van der Waals surface area contributed by atoms with Gasteiger partial charge in [0.15, 0.2) is 12.2 Å². The highest BCUT2D eigenvalue weighted by molar-refractivity contribution is 7.92. The molecule has 0 amide bonds. The molecular weight excluding hydrogens is 392 g/mol. The minimum Gasteiger partial charge on any atom is -0.452 e. The molecule has 0 aliphatic carbocycles. The van der Waals surface area contributed by atoms with Crippen molar-refractivity contribution in [2.24, 2.45) is 0 Å². The van der Waals surface area contributed by atoms with Crippen LogP contribution in [-0.4, -0.2) is 19.4 Å². The maximum absolute atomic E-state index is 12.4. The van der Waals surface area contributed by atoms with Crippen molar-refractivity contribution < 1.29 is 22.4 Å². The van der Waals surface area contributed by atoms with Gasteiger partial charge in [-0.25, -0.2) is 18.2 Å². The number of sulfonamides is 1. The minimum absolute atomic E-state index is 0.129. The third-order valence-electron chi connectivity index (χ3n) is 4.07. The summed E-state index contributed by atoms with van der Waals surface area (Å²) in [6.45, 7) is -0.131. The molecule has 0 unspecified atom stereocenters. The van der Waals surface area contributed by atoms with Gasteiger partial charge in [0.1, 0.15) is 5.52 Å². The van der Waals surface area contributed by atoms with E-state index in [1.807, 2.05) is 12.1 Å². The highest BCUT2D eigenvalue weighted by atomic mass is 32.2. The number of rotatable bonds is 6. The Morgan fingerprint density at radius 2 is 1.72 bits per heavy atom. The van der Waals surface area contributed by atoms with E-state index in [1.54, 1.807) is 42.5 Å². The first kappa shape index (κ1) is 18.7. The molecule has 0 atom stereocenters. The number of anilines is 1. The van der Waals surface area contributed by atoms with Crippen molar-refractivity contribution in [3.63, 3.8) is 0 Å². The largest absolute Gasteiger partial charge is 0.452 e. The third kappa shape index (κ3) is 4.27. The topological polar surface area (TPSA) is 98.5 Å². The molecule has 29 heavy (non-hydrogen) atoms. The Kier molecular flexibility index (Phi) is 5.01. The number of carbonyl (C=O) groups excluding carboxylic acids is 1. The Morgan fingerprint density at radius 3 is 2.52 bits per heavy atom. The van der Waals surface area contributed by atoms with Crippen LogP contribution in [0.1, 0.15) is 16.2 Å². The summed E-state index contributed by atoms with van der Waals surface area (Å²) in [7, 11) is -3.75. The fourth-order valence-corrected chi connectivity index (χ4v) is 3.79. The number of oxazole rings is 1. The lowest BCUT2D eigenvalue weighted by Crippen LogP contribution is -2.13. The number of esters is 1. The quantitative estimate of drug-likeness (QED) is 0.485. The molecule has 4 aromatic rings. The SMILES string of the molecule is O=C(OCc1nc2ccccc2o1)c1cccc(NS(=O)(=O)c2ccccc2)c1. The molecule has 146 valence electrons. The van der Waals surface area contributed by atoms with Crippen LogP contribution < -0.4 is 4.72 Å². The van der Waals surface area contributed by atoms with Crippen LogP contribution in [0, 0.1) is 0 Å². The predicted molar refractivity (Wildman–Crippen MR) is 107 cm³/mol. The molecule has 0 bridgehead atoms. The van der Waals surface area contributed by atoms with Gasteiger partial charge in [-0.1, -0.05) is 36.4 Å². The molecule has 7 nitrogen and oxygen atoms in total. The molecule has 8 heteroatoms. The highest BCUT2D eigenvalue weighted by Crippen LogP contribution is 2.19. The fraction of sp³-hybridized carbons (Fsp3) is 0.0476. The van der Waals surface area contributed by atoms with Crippen LogP contribution in [0.25, 0.3) is 11.1 Å². The summed E-state index contributed by atoms with van der Waals surface area (Å²) < 4.78 is 38.1. The third-order valence-corrected chi connectivity index (χ3v) is 5.47. The second kappa shape index (κ2) is 7.76. The van der Waals surface area contributed by atoms with Crippen LogP contribution in [0.4, 0.5) is 5.69 Å². The van der Waals surface area contributed by atoms with E-state index in [4.69, 9.17) is 9.15 Å². The summed E-state index contributed by atoms with van der Waals surface area (Å²) in [4.78, 5) is 16.7. The lowest BCUT2D eigenvalue weighted by molar-refractivity contribution is 0.0440. The predicted octanol–water partition coefficient (Wildman–Crippen LogP) is 3.99. The summed E-state index contributed by atoms with van der Waals surface area (Å²) in [5, 5.41) is 0. The molecule has 0 fully saturated rings. The van der Waals surface area contributed by atoms with E-state index in [0.29, 0.717) is 11.1 Å². The van der Waals surface area contributed by atoms with Crippen LogP contribution >= 0.6 is 0 Å². The highest BCUT2D eigenvalue weighted by Gasteiger charge is 2.16. The van der Waals surface area contributed by atoms with Crippen LogP contribution in [0.5, 0.6) is 0 Å². The van der Waals surface area contributed by atoms with Gasteiger partial charge in [-0.3, -0.25) is 4.72 Å². The van der Waals surface area contributed by atoms with Gasteiger partial charge >= 0.3 is 5.97 Å². The monoisotopic (exact) mass is 408 g/mol. The number of hydrogen-bond acceptors (Lipinski definition) is 6. The Labute approximate surface area is 167 Å². The van der Waals surface area contributed by atoms with Crippen molar-refractivity contribution in [3.8, 4) is 0 Å². The molecular formula is C21H16N2O5S. The van der Waals surface area contributed by atoms with E-state index in [9.17, 15) is 13.2 Å². The van der Waals surface area contributed by atoms with E-state index < -0.39 is 16.0 Å². The second-order valence-electron chi connectivity index (χ2n) is 6.15. The first-order valence-electron chi connectivity index (χ1n) is 8.71. The summed E-state index contributed by atoms with van der Waals surface area (Å²) in [5.41, 5.74) is 1.74. The summed E-state index contributed by atoms with van der Waals surface area (Å²) in [5.74, 6) is -0.339. The van der Waals surface area contributed by atoms with Gasteiger partial charge in [0, 0.05) is 5.69 Å². The van der Waals surface area contributed by atoms with Crippen molar-refractivity contribution in [2.75, 3.05) is 4.72 Å². The van der Waals surface area contributed by atoms with Gasteiger partial charge in [-0.15, -0.1) is 0 Å². The Hall–Kier alpha value is -3.65. The Bertz CT molecular complexity index is 1230. The van der Waals surface area contributed by atoms with Crippen molar-refractivity contribution in [1.29, 1.82) is 0 Å². The molecule has 0 saturated heterocycles. The molecule has 0 saturated carbocycles. The molecule has 0 radical (unpaired) electrons. The standard InChI is InChI=1S/C21H16N2O5S/c24-21(27-14-20-22-18-11-4-5-12-19(18)28-20)15-7-6-8-16(13-15)23-29(25,26)17-9-2-1-3-10-17/h1-13,23H,14H2. The van der Waals surface area contributed by atoms with Gasteiger partial charge in [0.05, 0.1) is 10.5 Å². The number of aromatic nitrogens is 1. The first-order chi connectivity index (χ1) is 14.0. The van der Waals surface area contributed by atoms with Gasteiger partial charge < -0.3 is 9.15 Å². The maximum Gasteiger partial charge on any atom is 0.338 e. The number of para-hydroxylation sites is 2. The fourth-order valence-electron chi connectivity index (χ4n) is 2.72.